The van der Waals surface area contributed by atoms with E-state index in [-0.39, 0.29) is 5.69 Å². The zero-order valence-electron chi connectivity index (χ0n) is 12.7. The minimum Gasteiger partial charge on any atom is -0.464 e. The van der Waals surface area contributed by atoms with Crippen LogP contribution in [0.3, 0.4) is 0 Å². The summed E-state index contributed by atoms with van der Waals surface area (Å²) in [7, 11) is 1.35. The Morgan fingerprint density at radius 3 is 2.38 bits per heavy atom. The third kappa shape index (κ3) is 3.01. The van der Waals surface area contributed by atoms with E-state index in [4.69, 9.17) is 0 Å². The topological polar surface area (TPSA) is 55.3 Å². The van der Waals surface area contributed by atoms with Crippen molar-refractivity contribution in [1.82, 2.24) is 9.97 Å². The second-order valence-corrected chi connectivity index (χ2v) is 6.30. The van der Waals surface area contributed by atoms with Gasteiger partial charge in [0.2, 0.25) is 0 Å². The number of ether oxygens (including phenoxy) is 1. The Bertz CT molecular complexity index is 485. The van der Waals surface area contributed by atoms with Gasteiger partial charge in [-0.2, -0.15) is 0 Å². The van der Waals surface area contributed by atoms with E-state index < -0.39 is 5.97 Å². The number of piperidine rings is 1. The Labute approximate surface area is 125 Å². The van der Waals surface area contributed by atoms with Crippen molar-refractivity contribution in [2.75, 3.05) is 25.1 Å². The summed E-state index contributed by atoms with van der Waals surface area (Å²) in [4.78, 5) is 22.2. The van der Waals surface area contributed by atoms with Crippen LogP contribution in [-0.4, -0.2) is 36.1 Å². The van der Waals surface area contributed by atoms with Crippen molar-refractivity contribution in [3.05, 3.63) is 18.1 Å². The molecular weight excluding hydrogens is 266 g/mol. The summed E-state index contributed by atoms with van der Waals surface area (Å²) in [6, 6.07) is 0. The predicted molar refractivity (Wildman–Crippen MR) is 80.3 cm³/mol. The molecule has 3 rings (SSSR count). The molecule has 5 heteroatoms. The molecule has 1 aromatic rings. The van der Waals surface area contributed by atoms with Crippen molar-refractivity contribution in [3.8, 4) is 0 Å². The van der Waals surface area contributed by atoms with Gasteiger partial charge < -0.3 is 9.64 Å². The molecule has 21 heavy (non-hydrogen) atoms. The Hall–Kier alpha value is -1.65. The lowest BCUT2D eigenvalue weighted by molar-refractivity contribution is 0.0593. The number of nitrogens with zero attached hydrogens (tertiary/aromatic N) is 3. The summed E-state index contributed by atoms with van der Waals surface area (Å²) < 4.78 is 4.64. The van der Waals surface area contributed by atoms with Crippen LogP contribution < -0.4 is 4.90 Å². The molecular formula is C16H23N3O2. The first-order valence-corrected chi connectivity index (χ1v) is 7.88. The number of anilines is 1. The van der Waals surface area contributed by atoms with Gasteiger partial charge in [0.25, 0.3) is 0 Å². The van der Waals surface area contributed by atoms with Gasteiger partial charge in [-0.15, -0.1) is 0 Å². The average molecular weight is 289 g/mol. The number of carbonyl (C=O) groups excluding carboxylic acids is 1. The lowest BCUT2D eigenvalue weighted by Crippen LogP contribution is -2.41. The maximum Gasteiger partial charge on any atom is 0.358 e. The number of aromatic nitrogens is 2. The molecule has 2 aliphatic rings. The summed E-state index contributed by atoms with van der Waals surface area (Å²) in [6.07, 6.45) is 12.7. The van der Waals surface area contributed by atoms with Crippen LogP contribution in [0.4, 0.5) is 5.82 Å². The Morgan fingerprint density at radius 2 is 1.81 bits per heavy atom. The Morgan fingerprint density at radius 1 is 1.10 bits per heavy atom. The lowest BCUT2D eigenvalue weighted by Gasteiger charge is -2.44. The summed E-state index contributed by atoms with van der Waals surface area (Å²) >= 11 is 0. The molecule has 0 aromatic carbocycles. The fourth-order valence-corrected chi connectivity index (χ4v) is 3.71. The molecule has 0 atom stereocenters. The van der Waals surface area contributed by atoms with Crippen LogP contribution in [-0.2, 0) is 4.74 Å². The van der Waals surface area contributed by atoms with E-state index >= 15 is 0 Å². The van der Waals surface area contributed by atoms with Gasteiger partial charge in [0.05, 0.1) is 19.5 Å². The van der Waals surface area contributed by atoms with Crippen LogP contribution in [0.15, 0.2) is 12.4 Å². The molecule has 0 amide bonds. The zero-order chi connectivity index (χ0) is 14.7. The quantitative estimate of drug-likeness (QED) is 0.784. The number of carbonyl (C=O) groups is 1. The lowest BCUT2D eigenvalue weighted by atomic mass is 9.68. The maximum atomic E-state index is 11.4. The molecule has 0 unspecified atom stereocenters. The molecule has 114 valence electrons. The van der Waals surface area contributed by atoms with Crippen LogP contribution in [0.1, 0.15) is 55.4 Å². The van der Waals surface area contributed by atoms with Crippen molar-refractivity contribution in [1.29, 1.82) is 0 Å². The van der Waals surface area contributed by atoms with Gasteiger partial charge >= 0.3 is 5.97 Å². The van der Waals surface area contributed by atoms with Gasteiger partial charge in [0.1, 0.15) is 5.82 Å². The van der Waals surface area contributed by atoms with E-state index in [1.54, 1.807) is 6.20 Å². The number of rotatable bonds is 2. The van der Waals surface area contributed by atoms with Crippen molar-refractivity contribution in [2.24, 2.45) is 5.41 Å². The molecule has 5 nitrogen and oxygen atoms in total. The van der Waals surface area contributed by atoms with E-state index in [2.05, 4.69) is 19.6 Å². The normalized spacial score (nSPS) is 21.3. The molecule has 0 N–H and O–H groups in total. The fraction of sp³-hybridized carbons (Fsp3) is 0.688. The van der Waals surface area contributed by atoms with Crippen LogP contribution >= 0.6 is 0 Å². The largest absolute Gasteiger partial charge is 0.464 e. The minimum atomic E-state index is -0.436. The molecule has 1 spiro atoms. The second kappa shape index (κ2) is 6.00. The number of esters is 1. The third-order valence-electron chi connectivity index (χ3n) is 5.10. The van der Waals surface area contributed by atoms with Crippen molar-refractivity contribution in [3.63, 3.8) is 0 Å². The van der Waals surface area contributed by atoms with Gasteiger partial charge in [0, 0.05) is 13.1 Å². The highest BCUT2D eigenvalue weighted by Gasteiger charge is 2.35. The molecule has 1 saturated heterocycles. The summed E-state index contributed by atoms with van der Waals surface area (Å²) in [5.74, 6) is 0.433. The molecule has 1 saturated carbocycles. The molecule has 1 aliphatic carbocycles. The van der Waals surface area contributed by atoms with E-state index in [0.717, 1.165) is 18.9 Å². The number of hydrogen-bond acceptors (Lipinski definition) is 5. The first-order valence-electron chi connectivity index (χ1n) is 7.88. The third-order valence-corrected chi connectivity index (χ3v) is 5.10. The Balaban J connectivity index is 1.62. The number of hydrogen-bond donors (Lipinski definition) is 0. The maximum absolute atomic E-state index is 11.4. The molecule has 1 aromatic heterocycles. The average Bonchev–Trinajstić information content (AvgIpc) is 2.56. The van der Waals surface area contributed by atoms with E-state index in [0.29, 0.717) is 5.41 Å². The van der Waals surface area contributed by atoms with Gasteiger partial charge in [-0.1, -0.05) is 19.3 Å². The Kier molecular flexibility index (Phi) is 4.08. The second-order valence-electron chi connectivity index (χ2n) is 6.30. The van der Waals surface area contributed by atoms with E-state index in [1.165, 1.54) is 58.3 Å². The van der Waals surface area contributed by atoms with Crippen LogP contribution in [0, 0.1) is 5.41 Å². The molecule has 1 aliphatic heterocycles. The van der Waals surface area contributed by atoms with Gasteiger partial charge in [-0.25, -0.2) is 14.8 Å². The highest BCUT2D eigenvalue weighted by Crippen LogP contribution is 2.44. The summed E-state index contributed by atoms with van der Waals surface area (Å²) in [5, 5.41) is 0. The standard InChI is InChI=1S/C16H23N3O2/c1-21-15(20)13-11-18-14(12-17-13)19-9-7-16(8-10-19)5-3-2-4-6-16/h11-12H,2-10H2,1H3. The SMILES string of the molecule is COC(=O)c1cnc(N2CCC3(CCCCC3)CC2)cn1. The minimum absolute atomic E-state index is 0.266. The first-order chi connectivity index (χ1) is 10.2. The molecule has 2 fully saturated rings. The van der Waals surface area contributed by atoms with Crippen molar-refractivity contribution < 1.29 is 9.53 Å². The van der Waals surface area contributed by atoms with Crippen molar-refractivity contribution in [2.45, 2.75) is 44.9 Å². The molecule has 0 bridgehead atoms. The van der Waals surface area contributed by atoms with Crippen LogP contribution in [0.25, 0.3) is 0 Å². The monoisotopic (exact) mass is 289 g/mol. The smallest absolute Gasteiger partial charge is 0.358 e. The fourth-order valence-electron chi connectivity index (χ4n) is 3.71. The van der Waals surface area contributed by atoms with Crippen LogP contribution in [0.5, 0.6) is 0 Å². The predicted octanol–water partition coefficient (Wildman–Crippen LogP) is 2.81. The van der Waals surface area contributed by atoms with Crippen LogP contribution in [0.2, 0.25) is 0 Å². The van der Waals surface area contributed by atoms with Gasteiger partial charge in [-0.05, 0) is 31.1 Å². The summed E-state index contributed by atoms with van der Waals surface area (Å²) in [6.45, 7) is 2.10. The van der Waals surface area contributed by atoms with E-state index in [9.17, 15) is 4.79 Å². The highest BCUT2D eigenvalue weighted by atomic mass is 16.5. The molecule has 0 radical (unpaired) electrons. The highest BCUT2D eigenvalue weighted by molar-refractivity contribution is 5.86. The van der Waals surface area contributed by atoms with Gasteiger partial charge in [-0.3, -0.25) is 0 Å². The summed E-state index contributed by atoms with van der Waals surface area (Å²) in [5.41, 5.74) is 0.857. The van der Waals surface area contributed by atoms with Crippen molar-refractivity contribution >= 4 is 11.8 Å². The van der Waals surface area contributed by atoms with Gasteiger partial charge in [0.15, 0.2) is 5.69 Å². The van der Waals surface area contributed by atoms with E-state index in [1.807, 2.05) is 0 Å². The molecule has 2 heterocycles. The first kappa shape index (κ1) is 14.3. The number of methoxy groups -OCH3 is 1. The zero-order valence-corrected chi connectivity index (χ0v) is 12.7.